The molecule has 3 rings (SSSR count). The predicted octanol–water partition coefficient (Wildman–Crippen LogP) is 3.89. The zero-order valence-corrected chi connectivity index (χ0v) is 11.9. The molecular weight excluding hydrogens is 256 g/mol. The summed E-state index contributed by atoms with van der Waals surface area (Å²) in [4.78, 5) is 17.5. The zero-order chi connectivity index (χ0) is 13.4. The van der Waals surface area contributed by atoms with Crippen LogP contribution in [0.5, 0.6) is 0 Å². The van der Waals surface area contributed by atoms with E-state index >= 15 is 0 Å². The molecule has 0 atom stereocenters. The minimum Gasteiger partial charge on any atom is -0.321 e. The minimum atomic E-state index is -0.0502. The summed E-state index contributed by atoms with van der Waals surface area (Å²) in [5.74, 6) is 0.551. The maximum atomic E-state index is 12.2. The van der Waals surface area contributed by atoms with Crippen LogP contribution in [0.15, 0.2) is 24.3 Å². The fraction of sp³-hybridized carbons (Fsp3) is 0.333. The van der Waals surface area contributed by atoms with Gasteiger partial charge in [0, 0.05) is 11.6 Å². The summed E-state index contributed by atoms with van der Waals surface area (Å²) in [6, 6.07) is 7.83. The SMILES string of the molecule is Cc1ccc(NC(=O)c2sc(C3CC3)nc2C)cc1. The van der Waals surface area contributed by atoms with Gasteiger partial charge >= 0.3 is 0 Å². The summed E-state index contributed by atoms with van der Waals surface area (Å²) in [6.45, 7) is 3.94. The molecule has 1 heterocycles. The van der Waals surface area contributed by atoms with Crippen LogP contribution in [0, 0.1) is 13.8 Å². The lowest BCUT2D eigenvalue weighted by Gasteiger charge is -2.04. The number of hydrogen-bond donors (Lipinski definition) is 1. The van der Waals surface area contributed by atoms with Crippen molar-refractivity contribution in [3.8, 4) is 0 Å². The quantitative estimate of drug-likeness (QED) is 0.921. The number of carbonyl (C=O) groups excluding carboxylic acids is 1. The van der Waals surface area contributed by atoms with E-state index in [-0.39, 0.29) is 5.91 Å². The molecule has 1 saturated carbocycles. The summed E-state index contributed by atoms with van der Waals surface area (Å²) >= 11 is 1.54. The van der Waals surface area contributed by atoms with Crippen LogP contribution in [-0.4, -0.2) is 10.9 Å². The molecule has 0 unspecified atom stereocenters. The normalized spacial score (nSPS) is 14.4. The van der Waals surface area contributed by atoms with Gasteiger partial charge in [0.25, 0.3) is 5.91 Å². The molecule has 1 aromatic heterocycles. The molecule has 98 valence electrons. The smallest absolute Gasteiger partial charge is 0.267 e. The number of aromatic nitrogens is 1. The summed E-state index contributed by atoms with van der Waals surface area (Å²) < 4.78 is 0. The first-order valence-corrected chi connectivity index (χ1v) is 7.30. The molecule has 1 fully saturated rings. The number of rotatable bonds is 3. The van der Waals surface area contributed by atoms with Crippen LogP contribution >= 0.6 is 11.3 Å². The van der Waals surface area contributed by atoms with E-state index in [1.807, 2.05) is 38.1 Å². The van der Waals surface area contributed by atoms with Crippen molar-refractivity contribution in [2.24, 2.45) is 0 Å². The van der Waals surface area contributed by atoms with E-state index in [1.54, 1.807) is 0 Å². The molecule has 3 nitrogen and oxygen atoms in total. The Hall–Kier alpha value is -1.68. The Labute approximate surface area is 116 Å². The van der Waals surface area contributed by atoms with Crippen molar-refractivity contribution >= 4 is 22.9 Å². The van der Waals surface area contributed by atoms with Crippen LogP contribution in [-0.2, 0) is 0 Å². The molecule has 19 heavy (non-hydrogen) atoms. The summed E-state index contributed by atoms with van der Waals surface area (Å²) in [7, 11) is 0. The molecule has 1 aliphatic carbocycles. The molecule has 0 bridgehead atoms. The highest BCUT2D eigenvalue weighted by Crippen LogP contribution is 2.42. The number of carbonyl (C=O) groups is 1. The van der Waals surface area contributed by atoms with Gasteiger partial charge in [0.05, 0.1) is 10.7 Å². The zero-order valence-electron chi connectivity index (χ0n) is 11.1. The third-order valence-corrected chi connectivity index (χ3v) is 4.57. The van der Waals surface area contributed by atoms with Gasteiger partial charge in [-0.15, -0.1) is 11.3 Å². The van der Waals surface area contributed by atoms with Gasteiger partial charge < -0.3 is 5.32 Å². The van der Waals surface area contributed by atoms with Crippen LogP contribution in [0.3, 0.4) is 0 Å². The Balaban J connectivity index is 1.77. The number of hydrogen-bond acceptors (Lipinski definition) is 3. The summed E-state index contributed by atoms with van der Waals surface area (Å²) in [5.41, 5.74) is 2.86. The lowest BCUT2D eigenvalue weighted by molar-refractivity contribution is 0.103. The van der Waals surface area contributed by atoms with Gasteiger partial charge in [-0.3, -0.25) is 4.79 Å². The first-order chi connectivity index (χ1) is 9.13. The Morgan fingerprint density at radius 3 is 2.58 bits per heavy atom. The molecule has 0 radical (unpaired) electrons. The molecular formula is C15H16N2OS. The van der Waals surface area contributed by atoms with Gasteiger partial charge in [0.15, 0.2) is 0 Å². The first kappa shape index (κ1) is 12.4. The molecule has 2 aromatic rings. The second kappa shape index (κ2) is 4.78. The largest absolute Gasteiger partial charge is 0.321 e. The highest BCUT2D eigenvalue weighted by Gasteiger charge is 2.28. The fourth-order valence-corrected chi connectivity index (χ4v) is 3.09. The van der Waals surface area contributed by atoms with E-state index in [0.29, 0.717) is 5.92 Å². The Kier molecular flexibility index (Phi) is 3.11. The number of aryl methyl sites for hydroxylation is 2. The van der Waals surface area contributed by atoms with E-state index in [2.05, 4.69) is 10.3 Å². The van der Waals surface area contributed by atoms with E-state index in [9.17, 15) is 4.79 Å². The maximum Gasteiger partial charge on any atom is 0.267 e. The molecule has 0 saturated heterocycles. The highest BCUT2D eigenvalue weighted by atomic mass is 32.1. The number of anilines is 1. The second-order valence-corrected chi connectivity index (χ2v) is 6.09. The highest BCUT2D eigenvalue weighted by molar-refractivity contribution is 7.14. The van der Waals surface area contributed by atoms with E-state index in [1.165, 1.54) is 29.7 Å². The lowest BCUT2D eigenvalue weighted by atomic mass is 10.2. The Morgan fingerprint density at radius 2 is 1.95 bits per heavy atom. The molecule has 4 heteroatoms. The van der Waals surface area contributed by atoms with Crippen molar-refractivity contribution < 1.29 is 4.79 Å². The van der Waals surface area contributed by atoms with Crippen molar-refractivity contribution in [2.75, 3.05) is 5.32 Å². The van der Waals surface area contributed by atoms with Crippen LogP contribution in [0.2, 0.25) is 0 Å². The average Bonchev–Trinajstić information content (AvgIpc) is 3.16. The van der Waals surface area contributed by atoms with Crippen molar-refractivity contribution in [3.63, 3.8) is 0 Å². The summed E-state index contributed by atoms with van der Waals surface area (Å²) in [5, 5.41) is 4.05. The average molecular weight is 272 g/mol. The topological polar surface area (TPSA) is 42.0 Å². The number of amides is 1. The van der Waals surface area contributed by atoms with Gasteiger partial charge in [-0.1, -0.05) is 17.7 Å². The van der Waals surface area contributed by atoms with Crippen molar-refractivity contribution in [1.29, 1.82) is 0 Å². The van der Waals surface area contributed by atoms with Crippen molar-refractivity contribution in [2.45, 2.75) is 32.6 Å². The molecule has 1 N–H and O–H groups in total. The number of thiazole rings is 1. The Morgan fingerprint density at radius 1 is 1.26 bits per heavy atom. The number of nitrogens with zero attached hydrogens (tertiary/aromatic N) is 1. The molecule has 0 spiro atoms. The molecule has 0 aliphatic heterocycles. The van der Waals surface area contributed by atoms with Gasteiger partial charge in [0.1, 0.15) is 4.88 Å². The molecule has 1 aromatic carbocycles. The van der Waals surface area contributed by atoms with Crippen LogP contribution in [0.1, 0.15) is 44.7 Å². The third kappa shape index (κ3) is 2.68. The van der Waals surface area contributed by atoms with Gasteiger partial charge in [-0.05, 0) is 38.8 Å². The lowest BCUT2D eigenvalue weighted by Crippen LogP contribution is -2.11. The minimum absolute atomic E-state index is 0.0502. The van der Waals surface area contributed by atoms with Gasteiger partial charge in [-0.2, -0.15) is 0 Å². The van der Waals surface area contributed by atoms with E-state index in [0.717, 1.165) is 21.3 Å². The third-order valence-electron chi connectivity index (χ3n) is 3.26. The van der Waals surface area contributed by atoms with E-state index < -0.39 is 0 Å². The second-order valence-electron chi connectivity index (χ2n) is 5.06. The predicted molar refractivity (Wildman–Crippen MR) is 78.0 cm³/mol. The monoisotopic (exact) mass is 272 g/mol. The number of nitrogens with one attached hydrogen (secondary N) is 1. The van der Waals surface area contributed by atoms with Crippen molar-refractivity contribution in [3.05, 3.63) is 45.4 Å². The molecule has 1 amide bonds. The van der Waals surface area contributed by atoms with Gasteiger partial charge in [0.2, 0.25) is 0 Å². The van der Waals surface area contributed by atoms with Crippen LogP contribution < -0.4 is 5.32 Å². The molecule has 1 aliphatic rings. The van der Waals surface area contributed by atoms with E-state index in [4.69, 9.17) is 0 Å². The summed E-state index contributed by atoms with van der Waals surface area (Å²) in [6.07, 6.45) is 2.43. The van der Waals surface area contributed by atoms with Crippen molar-refractivity contribution in [1.82, 2.24) is 4.98 Å². The van der Waals surface area contributed by atoms with Crippen LogP contribution in [0.25, 0.3) is 0 Å². The maximum absolute atomic E-state index is 12.2. The van der Waals surface area contributed by atoms with Crippen LogP contribution in [0.4, 0.5) is 5.69 Å². The fourth-order valence-electron chi connectivity index (χ4n) is 1.96. The van der Waals surface area contributed by atoms with Gasteiger partial charge in [-0.25, -0.2) is 4.98 Å². The standard InChI is InChI=1S/C15H16N2OS/c1-9-3-7-12(8-4-9)17-14(18)13-10(2)16-15(19-13)11-5-6-11/h3-4,7-8,11H,5-6H2,1-2H3,(H,17,18). The Bertz CT molecular complexity index is 612. The first-order valence-electron chi connectivity index (χ1n) is 6.49. The number of benzene rings is 1.